The van der Waals surface area contributed by atoms with Crippen LogP contribution >= 0.6 is 0 Å². The number of rotatable bonds is 7. The molecular weight excluding hydrogens is 296 g/mol. The van der Waals surface area contributed by atoms with Crippen molar-refractivity contribution in [1.29, 1.82) is 0 Å². The first kappa shape index (κ1) is 16.4. The van der Waals surface area contributed by atoms with Gasteiger partial charge in [-0.3, -0.25) is 0 Å². The normalized spacial score (nSPS) is 11.2. The van der Waals surface area contributed by atoms with Gasteiger partial charge in [-0.25, -0.2) is 4.98 Å². The highest BCUT2D eigenvalue weighted by molar-refractivity contribution is 5.92. The minimum absolute atomic E-state index is 0.387. The molecule has 4 nitrogen and oxygen atoms in total. The molecule has 0 saturated carbocycles. The number of imidazole rings is 1. The number of nitrogens with one attached hydrogen (secondary N) is 2. The maximum atomic E-state index is 4.65. The molecule has 0 radical (unpaired) electrons. The summed E-state index contributed by atoms with van der Waals surface area (Å²) in [5.41, 5.74) is 5.68. The van der Waals surface area contributed by atoms with Crippen LogP contribution in [0.2, 0.25) is 0 Å². The van der Waals surface area contributed by atoms with Crippen LogP contribution in [0.1, 0.15) is 38.8 Å². The van der Waals surface area contributed by atoms with Crippen LogP contribution in [0.15, 0.2) is 48.8 Å². The molecule has 0 bridgehead atoms. The summed E-state index contributed by atoms with van der Waals surface area (Å²) in [6.45, 7) is 8.31. The number of benzene rings is 2. The Morgan fingerprint density at radius 1 is 1.08 bits per heavy atom. The molecule has 0 fully saturated rings. The fourth-order valence-electron chi connectivity index (χ4n) is 2.84. The molecule has 0 unspecified atom stereocenters. The predicted octanol–water partition coefficient (Wildman–Crippen LogP) is 5.05. The molecule has 1 aromatic heterocycles. The SMILES string of the molecule is CCCNc1cc(NCc2ccccc2)c2ncn(C(C)C)c2c1. The van der Waals surface area contributed by atoms with E-state index in [9.17, 15) is 0 Å². The molecule has 2 N–H and O–H groups in total. The third-order valence-corrected chi connectivity index (χ3v) is 4.14. The third-order valence-electron chi connectivity index (χ3n) is 4.14. The van der Waals surface area contributed by atoms with E-state index in [0.29, 0.717) is 6.04 Å². The summed E-state index contributed by atoms with van der Waals surface area (Å²) >= 11 is 0. The van der Waals surface area contributed by atoms with Gasteiger partial charge in [0, 0.05) is 24.8 Å². The van der Waals surface area contributed by atoms with E-state index in [1.807, 2.05) is 12.4 Å². The van der Waals surface area contributed by atoms with Gasteiger partial charge in [0.05, 0.1) is 17.5 Å². The van der Waals surface area contributed by atoms with Crippen LogP contribution in [0, 0.1) is 0 Å². The zero-order valence-corrected chi connectivity index (χ0v) is 14.7. The van der Waals surface area contributed by atoms with E-state index in [-0.39, 0.29) is 0 Å². The lowest BCUT2D eigenvalue weighted by molar-refractivity contribution is 0.617. The molecule has 0 atom stereocenters. The standard InChI is InChI=1S/C20H26N4/c1-4-10-21-17-11-18(22-13-16-8-6-5-7-9-16)20-19(12-17)24(14-23-20)15(2)3/h5-9,11-12,14-15,21-22H,4,10,13H2,1-3H3. The molecule has 4 heteroatoms. The van der Waals surface area contributed by atoms with Gasteiger partial charge in [-0.05, 0) is 38.0 Å². The Kier molecular flexibility index (Phi) is 5.04. The molecule has 3 rings (SSSR count). The lowest BCUT2D eigenvalue weighted by Crippen LogP contribution is -2.04. The summed E-state index contributed by atoms with van der Waals surface area (Å²) in [4.78, 5) is 4.65. The van der Waals surface area contributed by atoms with Gasteiger partial charge in [-0.1, -0.05) is 37.3 Å². The Hall–Kier alpha value is -2.49. The van der Waals surface area contributed by atoms with E-state index in [2.05, 4.69) is 77.4 Å². The van der Waals surface area contributed by atoms with Crippen molar-refractivity contribution in [3.63, 3.8) is 0 Å². The average molecular weight is 322 g/mol. The van der Waals surface area contributed by atoms with Gasteiger partial charge in [-0.15, -0.1) is 0 Å². The number of nitrogens with zero attached hydrogens (tertiary/aromatic N) is 2. The minimum Gasteiger partial charge on any atom is -0.385 e. The van der Waals surface area contributed by atoms with Crippen molar-refractivity contribution in [2.24, 2.45) is 0 Å². The van der Waals surface area contributed by atoms with Crippen LogP contribution in [-0.2, 0) is 6.54 Å². The molecule has 3 aromatic rings. The Balaban J connectivity index is 1.94. The van der Waals surface area contributed by atoms with E-state index in [1.54, 1.807) is 0 Å². The highest BCUT2D eigenvalue weighted by atomic mass is 15.1. The third kappa shape index (κ3) is 3.53. The van der Waals surface area contributed by atoms with Crippen LogP contribution in [0.5, 0.6) is 0 Å². The first-order valence-corrected chi connectivity index (χ1v) is 8.71. The topological polar surface area (TPSA) is 41.9 Å². The van der Waals surface area contributed by atoms with Gasteiger partial charge >= 0.3 is 0 Å². The van der Waals surface area contributed by atoms with Crippen LogP contribution < -0.4 is 10.6 Å². The summed E-state index contributed by atoms with van der Waals surface area (Å²) in [5.74, 6) is 0. The lowest BCUT2D eigenvalue weighted by Gasteiger charge is -2.14. The highest BCUT2D eigenvalue weighted by Crippen LogP contribution is 2.29. The zero-order chi connectivity index (χ0) is 16.9. The van der Waals surface area contributed by atoms with Crippen molar-refractivity contribution in [3.8, 4) is 0 Å². The minimum atomic E-state index is 0.387. The van der Waals surface area contributed by atoms with Crippen LogP contribution in [0.4, 0.5) is 11.4 Å². The molecule has 0 spiro atoms. The number of hydrogen-bond donors (Lipinski definition) is 2. The van der Waals surface area contributed by atoms with Crippen molar-refractivity contribution < 1.29 is 0 Å². The summed E-state index contributed by atoms with van der Waals surface area (Å²) in [6.07, 6.45) is 3.04. The Morgan fingerprint density at radius 3 is 2.58 bits per heavy atom. The van der Waals surface area contributed by atoms with E-state index in [0.717, 1.165) is 36.4 Å². The van der Waals surface area contributed by atoms with Crippen molar-refractivity contribution in [2.75, 3.05) is 17.2 Å². The molecule has 24 heavy (non-hydrogen) atoms. The molecular formula is C20H26N4. The van der Waals surface area contributed by atoms with Gasteiger partial charge in [-0.2, -0.15) is 0 Å². The molecule has 0 aliphatic rings. The van der Waals surface area contributed by atoms with Crippen molar-refractivity contribution in [3.05, 3.63) is 54.4 Å². The summed E-state index contributed by atoms with van der Waals surface area (Å²) in [6, 6.07) is 15.2. The van der Waals surface area contributed by atoms with Gasteiger partial charge in [0.1, 0.15) is 5.52 Å². The maximum absolute atomic E-state index is 4.65. The quantitative estimate of drug-likeness (QED) is 0.639. The fraction of sp³-hybridized carbons (Fsp3) is 0.350. The molecule has 0 aliphatic carbocycles. The van der Waals surface area contributed by atoms with E-state index in [4.69, 9.17) is 0 Å². The van der Waals surface area contributed by atoms with Crippen molar-refractivity contribution in [2.45, 2.75) is 39.8 Å². The van der Waals surface area contributed by atoms with Gasteiger partial charge in [0.15, 0.2) is 0 Å². The monoisotopic (exact) mass is 322 g/mol. The molecule has 126 valence electrons. The Labute approximate surface area is 143 Å². The molecule has 1 heterocycles. The highest BCUT2D eigenvalue weighted by Gasteiger charge is 2.11. The number of hydrogen-bond acceptors (Lipinski definition) is 3. The van der Waals surface area contributed by atoms with E-state index >= 15 is 0 Å². The average Bonchev–Trinajstić information content (AvgIpc) is 3.03. The number of aromatic nitrogens is 2. The van der Waals surface area contributed by atoms with E-state index in [1.165, 1.54) is 11.1 Å². The lowest BCUT2D eigenvalue weighted by atomic mass is 10.2. The van der Waals surface area contributed by atoms with Crippen molar-refractivity contribution >= 4 is 22.4 Å². The first-order chi connectivity index (χ1) is 11.7. The van der Waals surface area contributed by atoms with Crippen LogP contribution in [-0.4, -0.2) is 16.1 Å². The second kappa shape index (κ2) is 7.39. The van der Waals surface area contributed by atoms with Gasteiger partial charge in [0.25, 0.3) is 0 Å². The summed E-state index contributed by atoms with van der Waals surface area (Å²) < 4.78 is 2.22. The Bertz CT molecular complexity index is 790. The predicted molar refractivity (Wildman–Crippen MR) is 103 cm³/mol. The molecule has 2 aromatic carbocycles. The molecule has 0 aliphatic heterocycles. The van der Waals surface area contributed by atoms with Gasteiger partial charge < -0.3 is 15.2 Å². The van der Waals surface area contributed by atoms with E-state index < -0.39 is 0 Å². The number of fused-ring (bicyclic) bond motifs is 1. The van der Waals surface area contributed by atoms with Crippen LogP contribution in [0.25, 0.3) is 11.0 Å². The maximum Gasteiger partial charge on any atom is 0.112 e. The van der Waals surface area contributed by atoms with Gasteiger partial charge in [0.2, 0.25) is 0 Å². The summed E-state index contributed by atoms with van der Waals surface area (Å²) in [5, 5.41) is 7.06. The number of anilines is 2. The second-order valence-corrected chi connectivity index (χ2v) is 6.40. The largest absolute Gasteiger partial charge is 0.385 e. The second-order valence-electron chi connectivity index (χ2n) is 6.40. The Morgan fingerprint density at radius 2 is 1.88 bits per heavy atom. The summed E-state index contributed by atoms with van der Waals surface area (Å²) in [7, 11) is 0. The van der Waals surface area contributed by atoms with Crippen molar-refractivity contribution in [1.82, 2.24) is 9.55 Å². The molecule has 0 saturated heterocycles. The molecule has 0 amide bonds. The fourth-order valence-corrected chi connectivity index (χ4v) is 2.84. The zero-order valence-electron chi connectivity index (χ0n) is 14.7. The smallest absolute Gasteiger partial charge is 0.112 e. The first-order valence-electron chi connectivity index (χ1n) is 8.71. The van der Waals surface area contributed by atoms with Crippen LogP contribution in [0.3, 0.4) is 0 Å².